The van der Waals surface area contributed by atoms with Gasteiger partial charge in [-0.2, -0.15) is 0 Å². The van der Waals surface area contributed by atoms with Crippen molar-refractivity contribution in [3.8, 4) is 17.2 Å². The van der Waals surface area contributed by atoms with Crippen molar-refractivity contribution in [2.24, 2.45) is 0 Å². The topological polar surface area (TPSA) is 113 Å². The van der Waals surface area contributed by atoms with E-state index in [1.54, 1.807) is 18.3 Å². The number of anilines is 1. The molecule has 1 N–H and O–H groups in total. The van der Waals surface area contributed by atoms with Gasteiger partial charge in [0.1, 0.15) is 11.4 Å². The molecule has 0 bridgehead atoms. The Hall–Kier alpha value is -3.36. The maximum Gasteiger partial charge on any atom is 0.327 e. The minimum absolute atomic E-state index is 0.0294. The number of methoxy groups -OCH3 is 3. The number of aryl methyl sites for hydroxylation is 1. The fraction of sp³-hybridized carbons (Fsp3) is 0.250. The number of aromatic nitrogens is 1. The van der Waals surface area contributed by atoms with Crippen molar-refractivity contribution < 1.29 is 23.9 Å². The van der Waals surface area contributed by atoms with E-state index in [1.165, 1.54) is 27.4 Å². The van der Waals surface area contributed by atoms with E-state index in [0.29, 0.717) is 0 Å². The molecule has 0 unspecified atom stereocenters. The Morgan fingerprint density at radius 3 is 2.32 bits per heavy atom. The zero-order chi connectivity index (χ0) is 18.6. The molecule has 0 aliphatic rings. The Kier molecular flexibility index (Phi) is 5.38. The third-order valence-corrected chi connectivity index (χ3v) is 3.38. The largest absolute Gasteiger partial charge is 0.493 e. The number of carbonyl (C=O) groups is 1. The molecule has 1 amide bonds. The summed E-state index contributed by atoms with van der Waals surface area (Å²) in [5.74, 6) is -0.497. The molecule has 0 fully saturated rings. The molecule has 9 nitrogen and oxygen atoms in total. The van der Waals surface area contributed by atoms with Gasteiger partial charge < -0.3 is 19.5 Å². The Labute approximate surface area is 143 Å². The minimum atomic E-state index is -0.720. The van der Waals surface area contributed by atoms with Gasteiger partial charge in [-0.25, -0.2) is 4.98 Å². The van der Waals surface area contributed by atoms with Gasteiger partial charge >= 0.3 is 5.69 Å². The fourth-order valence-electron chi connectivity index (χ4n) is 2.22. The molecule has 0 aliphatic heterocycles. The van der Waals surface area contributed by atoms with Crippen LogP contribution in [0.25, 0.3) is 0 Å². The quantitative estimate of drug-likeness (QED) is 0.631. The zero-order valence-electron chi connectivity index (χ0n) is 14.2. The molecule has 132 valence electrons. The summed E-state index contributed by atoms with van der Waals surface area (Å²) in [7, 11) is 3.92. The van der Waals surface area contributed by atoms with Crippen molar-refractivity contribution in [3.05, 3.63) is 45.6 Å². The Morgan fingerprint density at radius 1 is 1.16 bits per heavy atom. The number of amides is 1. The number of rotatable bonds is 6. The molecule has 25 heavy (non-hydrogen) atoms. The number of hydrogen-bond donors (Lipinski definition) is 1. The normalized spacial score (nSPS) is 10.1. The van der Waals surface area contributed by atoms with Crippen LogP contribution in [0.5, 0.6) is 17.2 Å². The van der Waals surface area contributed by atoms with Gasteiger partial charge in [-0.05, 0) is 18.6 Å². The third-order valence-electron chi connectivity index (χ3n) is 3.38. The fourth-order valence-corrected chi connectivity index (χ4v) is 2.22. The number of nitro groups is 1. The predicted molar refractivity (Wildman–Crippen MR) is 89.7 cm³/mol. The number of carbonyl (C=O) groups excluding carboxylic acids is 1. The highest BCUT2D eigenvalue weighted by atomic mass is 16.6. The predicted octanol–water partition coefficient (Wildman–Crippen LogP) is 2.58. The van der Waals surface area contributed by atoms with Gasteiger partial charge in [-0.15, -0.1) is 0 Å². The van der Waals surface area contributed by atoms with E-state index in [-0.39, 0.29) is 28.6 Å². The molecule has 0 saturated heterocycles. The van der Waals surface area contributed by atoms with Gasteiger partial charge in [0.25, 0.3) is 5.91 Å². The van der Waals surface area contributed by atoms with Crippen LogP contribution >= 0.6 is 0 Å². The van der Waals surface area contributed by atoms with E-state index in [9.17, 15) is 14.9 Å². The molecule has 0 saturated carbocycles. The highest BCUT2D eigenvalue weighted by Gasteiger charge is 2.32. The molecule has 2 aromatic rings. The van der Waals surface area contributed by atoms with E-state index in [2.05, 4.69) is 10.3 Å². The Balaban J connectivity index is 2.56. The lowest BCUT2D eigenvalue weighted by atomic mass is 10.1. The maximum absolute atomic E-state index is 12.6. The Bertz CT molecular complexity index is 805. The summed E-state index contributed by atoms with van der Waals surface area (Å²) >= 11 is 0. The van der Waals surface area contributed by atoms with E-state index < -0.39 is 16.5 Å². The second-order valence-corrected chi connectivity index (χ2v) is 4.97. The van der Waals surface area contributed by atoms with Crippen LogP contribution in [0.2, 0.25) is 0 Å². The Morgan fingerprint density at radius 2 is 1.84 bits per heavy atom. The lowest BCUT2D eigenvalue weighted by molar-refractivity contribution is -0.386. The van der Waals surface area contributed by atoms with Crippen molar-refractivity contribution in [1.29, 1.82) is 0 Å². The number of benzene rings is 1. The average molecular weight is 347 g/mol. The van der Waals surface area contributed by atoms with Crippen molar-refractivity contribution in [2.45, 2.75) is 6.92 Å². The van der Waals surface area contributed by atoms with Gasteiger partial charge in [0, 0.05) is 12.3 Å². The summed E-state index contributed by atoms with van der Waals surface area (Å²) < 4.78 is 15.3. The van der Waals surface area contributed by atoms with Gasteiger partial charge in [0.15, 0.2) is 5.75 Å². The average Bonchev–Trinajstić information content (AvgIpc) is 2.61. The molecule has 0 atom stereocenters. The highest BCUT2D eigenvalue weighted by molar-refractivity contribution is 6.08. The summed E-state index contributed by atoms with van der Waals surface area (Å²) in [6, 6.07) is 4.58. The molecular weight excluding hydrogens is 330 g/mol. The molecule has 2 rings (SSSR count). The molecule has 1 aromatic heterocycles. The highest BCUT2D eigenvalue weighted by Crippen LogP contribution is 2.46. The molecular formula is C16H17N3O6. The maximum atomic E-state index is 12.6. The number of nitrogens with one attached hydrogen (secondary N) is 1. The van der Waals surface area contributed by atoms with Crippen molar-refractivity contribution in [3.63, 3.8) is 0 Å². The molecule has 1 heterocycles. The van der Waals surface area contributed by atoms with Crippen LogP contribution in [-0.2, 0) is 0 Å². The first kappa shape index (κ1) is 18.0. The van der Waals surface area contributed by atoms with Crippen molar-refractivity contribution in [2.75, 3.05) is 26.6 Å². The van der Waals surface area contributed by atoms with Crippen LogP contribution < -0.4 is 19.5 Å². The van der Waals surface area contributed by atoms with Crippen LogP contribution in [0.15, 0.2) is 24.4 Å². The van der Waals surface area contributed by atoms with Crippen LogP contribution in [0.1, 0.15) is 15.9 Å². The van der Waals surface area contributed by atoms with E-state index in [4.69, 9.17) is 14.2 Å². The van der Waals surface area contributed by atoms with Crippen LogP contribution in [0.4, 0.5) is 11.5 Å². The van der Waals surface area contributed by atoms with Crippen LogP contribution in [0.3, 0.4) is 0 Å². The smallest absolute Gasteiger partial charge is 0.327 e. The van der Waals surface area contributed by atoms with E-state index in [0.717, 1.165) is 5.56 Å². The number of nitro benzene ring substituents is 1. The van der Waals surface area contributed by atoms with Gasteiger partial charge in [-0.3, -0.25) is 14.9 Å². The van der Waals surface area contributed by atoms with Crippen LogP contribution in [0, 0.1) is 17.0 Å². The molecule has 0 radical (unpaired) electrons. The van der Waals surface area contributed by atoms with Gasteiger partial charge in [-0.1, -0.05) is 6.07 Å². The van der Waals surface area contributed by atoms with Crippen molar-refractivity contribution in [1.82, 2.24) is 4.98 Å². The molecule has 9 heteroatoms. The lowest BCUT2D eigenvalue weighted by Gasteiger charge is -2.14. The number of hydrogen-bond acceptors (Lipinski definition) is 7. The number of nitrogens with zero attached hydrogens (tertiary/aromatic N) is 2. The SMILES string of the molecule is COc1cc(C(=O)Nc2ccc(C)cn2)c([N+](=O)[O-])c(OC)c1OC. The number of pyridine rings is 1. The summed E-state index contributed by atoms with van der Waals surface area (Å²) in [6.45, 7) is 1.85. The van der Waals surface area contributed by atoms with E-state index in [1.807, 2.05) is 6.92 Å². The second kappa shape index (κ2) is 7.47. The minimum Gasteiger partial charge on any atom is -0.493 e. The van der Waals surface area contributed by atoms with Crippen LogP contribution in [-0.4, -0.2) is 37.1 Å². The third kappa shape index (κ3) is 3.60. The monoisotopic (exact) mass is 347 g/mol. The van der Waals surface area contributed by atoms with Gasteiger partial charge in [0.2, 0.25) is 11.5 Å². The zero-order valence-corrected chi connectivity index (χ0v) is 14.2. The van der Waals surface area contributed by atoms with E-state index >= 15 is 0 Å². The molecule has 0 aliphatic carbocycles. The summed E-state index contributed by atoms with van der Waals surface area (Å²) in [5, 5.41) is 14.0. The summed E-state index contributed by atoms with van der Waals surface area (Å²) in [4.78, 5) is 27.4. The summed E-state index contributed by atoms with van der Waals surface area (Å²) in [5.41, 5.74) is 0.156. The standard InChI is InChI=1S/C16H17N3O6/c1-9-5-6-12(17-8-9)18-16(20)10-7-11(23-2)14(24-3)15(25-4)13(10)19(21)22/h5-8H,1-4H3,(H,17,18,20). The first-order chi connectivity index (χ1) is 11.9. The second-order valence-electron chi connectivity index (χ2n) is 4.97. The summed E-state index contributed by atoms with van der Waals surface area (Å²) in [6.07, 6.45) is 1.57. The first-order valence-electron chi connectivity index (χ1n) is 7.14. The lowest BCUT2D eigenvalue weighted by Crippen LogP contribution is -2.16. The molecule has 1 aromatic carbocycles. The number of ether oxygens (including phenoxy) is 3. The molecule has 0 spiro atoms. The first-order valence-corrected chi connectivity index (χ1v) is 7.14. The van der Waals surface area contributed by atoms with Gasteiger partial charge in [0.05, 0.1) is 26.3 Å². The van der Waals surface area contributed by atoms with Crippen molar-refractivity contribution >= 4 is 17.4 Å².